The van der Waals surface area contributed by atoms with Gasteiger partial charge in [-0.05, 0) is 37.0 Å². The number of piperidine rings is 1. The number of carbonyl (C=O) groups is 1. The number of anilines is 1. The van der Waals surface area contributed by atoms with Gasteiger partial charge in [0.2, 0.25) is 0 Å². The van der Waals surface area contributed by atoms with Crippen molar-refractivity contribution < 1.29 is 9.53 Å². The number of hydrogen-bond donors (Lipinski definition) is 1. The molecule has 0 bridgehead atoms. The summed E-state index contributed by atoms with van der Waals surface area (Å²) < 4.78 is 5.13. The van der Waals surface area contributed by atoms with E-state index in [1.165, 1.54) is 25.6 Å². The number of hydrogen-bond acceptors (Lipinski definition) is 5. The summed E-state index contributed by atoms with van der Waals surface area (Å²) in [6.07, 6.45) is 5.06. The first-order valence-corrected chi connectivity index (χ1v) is 8.24. The number of carbonyl (C=O) groups excluding carboxylic acids is 1. The highest BCUT2D eigenvalue weighted by atomic mass is 16.5. The Balaban J connectivity index is 1.61. The van der Waals surface area contributed by atoms with Crippen molar-refractivity contribution in [1.82, 2.24) is 15.3 Å². The normalized spacial score (nSPS) is 14.3. The number of rotatable bonds is 5. The molecular weight excluding hydrogens is 304 g/mol. The molecule has 1 aromatic heterocycles. The smallest absolute Gasteiger partial charge is 0.270 e. The summed E-state index contributed by atoms with van der Waals surface area (Å²) in [5.41, 5.74) is 1.41. The van der Waals surface area contributed by atoms with E-state index in [2.05, 4.69) is 20.2 Å². The molecule has 1 saturated heterocycles. The maximum Gasteiger partial charge on any atom is 0.270 e. The van der Waals surface area contributed by atoms with Crippen LogP contribution >= 0.6 is 0 Å². The van der Waals surface area contributed by atoms with E-state index >= 15 is 0 Å². The van der Waals surface area contributed by atoms with Gasteiger partial charge in [0.25, 0.3) is 5.91 Å². The van der Waals surface area contributed by atoms with E-state index in [1.54, 1.807) is 13.2 Å². The molecule has 0 atom stereocenters. The molecule has 6 nitrogen and oxygen atoms in total. The molecule has 126 valence electrons. The summed E-state index contributed by atoms with van der Waals surface area (Å²) in [5, 5.41) is 2.89. The third-order valence-electron chi connectivity index (χ3n) is 4.18. The van der Waals surface area contributed by atoms with Crippen molar-refractivity contribution in [2.75, 3.05) is 25.1 Å². The van der Waals surface area contributed by atoms with Gasteiger partial charge in [-0.1, -0.05) is 12.1 Å². The van der Waals surface area contributed by atoms with Crippen LogP contribution in [-0.4, -0.2) is 36.1 Å². The molecule has 1 aliphatic heterocycles. The maximum atomic E-state index is 12.3. The van der Waals surface area contributed by atoms with Crippen LogP contribution in [0.2, 0.25) is 0 Å². The minimum atomic E-state index is -0.188. The van der Waals surface area contributed by atoms with E-state index in [0.29, 0.717) is 12.2 Å². The summed E-state index contributed by atoms with van der Waals surface area (Å²) in [4.78, 5) is 23.0. The molecule has 0 aliphatic carbocycles. The van der Waals surface area contributed by atoms with Crippen LogP contribution < -0.4 is 15.0 Å². The maximum absolute atomic E-state index is 12.3. The molecule has 0 radical (unpaired) electrons. The van der Waals surface area contributed by atoms with E-state index < -0.39 is 0 Å². The summed E-state index contributed by atoms with van der Waals surface area (Å²) in [6.45, 7) is 2.43. The Labute approximate surface area is 141 Å². The lowest BCUT2D eigenvalue weighted by Crippen LogP contribution is -2.31. The average Bonchev–Trinajstić information content (AvgIpc) is 2.67. The standard InChI is InChI=1S/C18H22N4O2/c1-24-15-7-5-14(6-8-15)12-19-18(23)16-11-17(21-13-20-16)22-9-3-2-4-10-22/h5-8,11,13H,2-4,9-10,12H2,1H3,(H,19,23). The minimum Gasteiger partial charge on any atom is -0.497 e. The molecule has 0 unspecified atom stereocenters. The van der Waals surface area contributed by atoms with Gasteiger partial charge in [-0.2, -0.15) is 0 Å². The summed E-state index contributed by atoms with van der Waals surface area (Å²) in [7, 11) is 1.63. The van der Waals surface area contributed by atoms with Crippen LogP contribution in [0.1, 0.15) is 35.3 Å². The van der Waals surface area contributed by atoms with Crippen molar-refractivity contribution in [2.24, 2.45) is 0 Å². The van der Waals surface area contributed by atoms with Crippen LogP contribution in [0.15, 0.2) is 36.7 Å². The van der Waals surface area contributed by atoms with Crippen molar-refractivity contribution in [3.05, 3.63) is 47.9 Å². The van der Waals surface area contributed by atoms with Crippen molar-refractivity contribution in [2.45, 2.75) is 25.8 Å². The number of benzene rings is 1. The van der Waals surface area contributed by atoms with E-state index in [1.807, 2.05) is 24.3 Å². The second kappa shape index (κ2) is 7.77. The van der Waals surface area contributed by atoms with Gasteiger partial charge in [-0.3, -0.25) is 4.79 Å². The Morgan fingerprint density at radius 3 is 2.62 bits per heavy atom. The molecule has 2 heterocycles. The summed E-state index contributed by atoms with van der Waals surface area (Å²) in [5.74, 6) is 1.44. The third kappa shape index (κ3) is 4.01. The van der Waals surface area contributed by atoms with Gasteiger partial charge in [0.1, 0.15) is 23.6 Å². The molecule has 1 amide bonds. The van der Waals surface area contributed by atoms with E-state index in [-0.39, 0.29) is 5.91 Å². The number of nitrogens with zero attached hydrogens (tertiary/aromatic N) is 3. The third-order valence-corrected chi connectivity index (χ3v) is 4.18. The van der Waals surface area contributed by atoms with Crippen molar-refractivity contribution in [3.8, 4) is 5.75 Å². The fraction of sp³-hybridized carbons (Fsp3) is 0.389. The number of methoxy groups -OCH3 is 1. The van der Waals surface area contributed by atoms with Crippen LogP contribution in [0.4, 0.5) is 5.82 Å². The van der Waals surface area contributed by atoms with Gasteiger partial charge < -0.3 is 15.0 Å². The van der Waals surface area contributed by atoms with Crippen LogP contribution in [0, 0.1) is 0 Å². The monoisotopic (exact) mass is 326 g/mol. The molecule has 1 fully saturated rings. The Kier molecular flexibility index (Phi) is 5.25. The van der Waals surface area contributed by atoms with Crippen molar-refractivity contribution in [3.63, 3.8) is 0 Å². The molecule has 1 aromatic carbocycles. The van der Waals surface area contributed by atoms with Crippen LogP contribution in [-0.2, 0) is 6.54 Å². The highest BCUT2D eigenvalue weighted by Gasteiger charge is 2.15. The zero-order valence-corrected chi connectivity index (χ0v) is 13.9. The SMILES string of the molecule is COc1ccc(CNC(=O)c2cc(N3CCCCC3)ncn2)cc1. The number of aromatic nitrogens is 2. The lowest BCUT2D eigenvalue weighted by molar-refractivity contribution is 0.0945. The lowest BCUT2D eigenvalue weighted by atomic mass is 10.1. The molecule has 2 aromatic rings. The van der Waals surface area contributed by atoms with E-state index in [9.17, 15) is 4.79 Å². The molecule has 0 spiro atoms. The summed E-state index contributed by atoms with van der Waals surface area (Å²) >= 11 is 0. The van der Waals surface area contributed by atoms with Crippen LogP contribution in [0.25, 0.3) is 0 Å². The Bertz CT molecular complexity index is 682. The fourth-order valence-electron chi connectivity index (χ4n) is 2.78. The summed E-state index contributed by atoms with van der Waals surface area (Å²) in [6, 6.07) is 9.38. The molecular formula is C18H22N4O2. The highest BCUT2D eigenvalue weighted by molar-refractivity contribution is 5.92. The van der Waals surface area contributed by atoms with Crippen LogP contribution in [0.5, 0.6) is 5.75 Å². The zero-order valence-electron chi connectivity index (χ0n) is 13.9. The Morgan fingerprint density at radius 2 is 1.92 bits per heavy atom. The van der Waals surface area contributed by atoms with Gasteiger partial charge in [0.05, 0.1) is 7.11 Å². The highest BCUT2D eigenvalue weighted by Crippen LogP contribution is 2.17. The first-order chi connectivity index (χ1) is 11.8. The number of nitrogens with one attached hydrogen (secondary N) is 1. The van der Waals surface area contributed by atoms with E-state index in [0.717, 1.165) is 30.2 Å². The van der Waals surface area contributed by atoms with Crippen molar-refractivity contribution in [1.29, 1.82) is 0 Å². The first-order valence-electron chi connectivity index (χ1n) is 8.24. The average molecular weight is 326 g/mol. The largest absolute Gasteiger partial charge is 0.497 e. The zero-order chi connectivity index (χ0) is 16.8. The lowest BCUT2D eigenvalue weighted by Gasteiger charge is -2.27. The molecule has 6 heteroatoms. The second-order valence-electron chi connectivity index (χ2n) is 5.84. The molecule has 24 heavy (non-hydrogen) atoms. The Morgan fingerprint density at radius 1 is 1.17 bits per heavy atom. The molecule has 1 N–H and O–H groups in total. The quantitative estimate of drug-likeness (QED) is 0.914. The van der Waals surface area contributed by atoms with Gasteiger partial charge in [0.15, 0.2) is 0 Å². The molecule has 3 rings (SSSR count). The molecule has 1 aliphatic rings. The number of ether oxygens (including phenoxy) is 1. The number of amides is 1. The topological polar surface area (TPSA) is 67.3 Å². The van der Waals surface area contributed by atoms with Gasteiger partial charge in [0, 0.05) is 25.7 Å². The minimum absolute atomic E-state index is 0.188. The Hall–Kier alpha value is -2.63. The second-order valence-corrected chi connectivity index (χ2v) is 5.84. The first kappa shape index (κ1) is 16.2. The van der Waals surface area contributed by atoms with Gasteiger partial charge >= 0.3 is 0 Å². The van der Waals surface area contributed by atoms with Gasteiger partial charge in [-0.25, -0.2) is 9.97 Å². The molecule has 0 saturated carbocycles. The van der Waals surface area contributed by atoms with Crippen LogP contribution in [0.3, 0.4) is 0 Å². The van der Waals surface area contributed by atoms with Crippen molar-refractivity contribution >= 4 is 11.7 Å². The predicted molar refractivity (Wildman–Crippen MR) is 92.3 cm³/mol. The van der Waals surface area contributed by atoms with E-state index in [4.69, 9.17) is 4.74 Å². The fourth-order valence-corrected chi connectivity index (χ4v) is 2.78. The predicted octanol–water partition coefficient (Wildman–Crippen LogP) is 2.41. The van der Waals surface area contributed by atoms with Gasteiger partial charge in [-0.15, -0.1) is 0 Å².